The van der Waals surface area contributed by atoms with Gasteiger partial charge in [0.2, 0.25) is 0 Å². The van der Waals surface area contributed by atoms with Gasteiger partial charge in [0.15, 0.2) is 0 Å². The van der Waals surface area contributed by atoms with E-state index >= 15 is 0 Å². The van der Waals surface area contributed by atoms with E-state index in [-0.39, 0.29) is 6.10 Å². The van der Waals surface area contributed by atoms with Crippen LogP contribution in [0.4, 0.5) is 0 Å². The Hall–Kier alpha value is -0.860. The quantitative estimate of drug-likeness (QED) is 0.826. The molecule has 0 aliphatic carbocycles. The average Bonchev–Trinajstić information content (AvgIpc) is 2.52. The summed E-state index contributed by atoms with van der Waals surface area (Å²) in [7, 11) is 0. The smallest absolute Gasteiger partial charge is 0.0977 e. The van der Waals surface area contributed by atoms with Crippen LogP contribution in [0.2, 0.25) is 0 Å². The maximum atomic E-state index is 6.04. The van der Waals surface area contributed by atoms with Crippen LogP contribution in [0.25, 0.3) is 0 Å². The molecule has 0 amide bonds. The van der Waals surface area contributed by atoms with E-state index in [0.717, 1.165) is 19.6 Å². The second-order valence-electron chi connectivity index (χ2n) is 4.69. The molecule has 3 unspecified atom stereocenters. The molecule has 1 aromatic rings. The molecule has 1 aromatic carbocycles. The predicted molar refractivity (Wildman–Crippen MR) is 66.4 cm³/mol. The fraction of sp³-hybridized carbons (Fsp3) is 0.571. The average molecular weight is 219 g/mol. The van der Waals surface area contributed by atoms with Gasteiger partial charge < -0.3 is 10.1 Å². The Balaban J connectivity index is 2.16. The summed E-state index contributed by atoms with van der Waals surface area (Å²) in [5, 5.41) is 3.60. The van der Waals surface area contributed by atoms with Gasteiger partial charge in [-0.3, -0.25) is 0 Å². The van der Waals surface area contributed by atoms with Gasteiger partial charge in [0.25, 0.3) is 0 Å². The molecule has 2 rings (SSSR count). The lowest BCUT2D eigenvalue weighted by Crippen LogP contribution is -2.34. The van der Waals surface area contributed by atoms with Crippen LogP contribution in [-0.4, -0.2) is 19.2 Å². The van der Waals surface area contributed by atoms with Gasteiger partial charge in [-0.15, -0.1) is 0 Å². The van der Waals surface area contributed by atoms with E-state index in [4.69, 9.17) is 4.74 Å². The van der Waals surface area contributed by atoms with Crippen molar-refractivity contribution >= 4 is 0 Å². The van der Waals surface area contributed by atoms with Crippen molar-refractivity contribution in [2.24, 2.45) is 5.92 Å². The number of benzene rings is 1. The molecule has 1 fully saturated rings. The van der Waals surface area contributed by atoms with Gasteiger partial charge in [0, 0.05) is 12.6 Å². The van der Waals surface area contributed by atoms with Crippen LogP contribution in [0.15, 0.2) is 30.3 Å². The number of rotatable bonds is 2. The highest BCUT2D eigenvalue weighted by atomic mass is 16.5. The van der Waals surface area contributed by atoms with Crippen LogP contribution in [0, 0.1) is 5.92 Å². The minimum atomic E-state index is 0.205. The SMILES string of the molecule is CCC1NCC(C)COC1c1ccccc1. The van der Waals surface area contributed by atoms with E-state index in [0.29, 0.717) is 12.0 Å². The summed E-state index contributed by atoms with van der Waals surface area (Å²) >= 11 is 0. The van der Waals surface area contributed by atoms with Gasteiger partial charge in [0.1, 0.15) is 0 Å². The lowest BCUT2D eigenvalue weighted by molar-refractivity contribution is 0.0293. The topological polar surface area (TPSA) is 21.3 Å². The summed E-state index contributed by atoms with van der Waals surface area (Å²) in [6.45, 7) is 6.35. The molecule has 0 aromatic heterocycles. The van der Waals surface area contributed by atoms with E-state index in [2.05, 4.69) is 49.5 Å². The monoisotopic (exact) mass is 219 g/mol. The van der Waals surface area contributed by atoms with Gasteiger partial charge in [-0.1, -0.05) is 44.2 Å². The van der Waals surface area contributed by atoms with Crippen LogP contribution in [0.3, 0.4) is 0 Å². The fourth-order valence-corrected chi connectivity index (χ4v) is 2.23. The number of ether oxygens (including phenoxy) is 1. The molecule has 1 heterocycles. The molecule has 16 heavy (non-hydrogen) atoms. The van der Waals surface area contributed by atoms with Crippen molar-refractivity contribution in [1.29, 1.82) is 0 Å². The number of nitrogens with one attached hydrogen (secondary N) is 1. The molecule has 88 valence electrons. The van der Waals surface area contributed by atoms with E-state index in [9.17, 15) is 0 Å². The minimum Gasteiger partial charge on any atom is -0.372 e. The highest BCUT2D eigenvalue weighted by molar-refractivity contribution is 5.19. The number of hydrogen-bond acceptors (Lipinski definition) is 2. The van der Waals surface area contributed by atoms with E-state index in [1.54, 1.807) is 0 Å². The Morgan fingerprint density at radius 2 is 2.06 bits per heavy atom. The third-order valence-corrected chi connectivity index (χ3v) is 3.22. The molecule has 0 spiro atoms. The highest BCUT2D eigenvalue weighted by Gasteiger charge is 2.26. The third-order valence-electron chi connectivity index (χ3n) is 3.22. The molecule has 1 aliphatic heterocycles. The van der Waals surface area contributed by atoms with Gasteiger partial charge >= 0.3 is 0 Å². The van der Waals surface area contributed by atoms with Gasteiger partial charge in [-0.05, 0) is 17.9 Å². The first kappa shape index (κ1) is 11.6. The molecule has 0 radical (unpaired) electrons. The Kier molecular flexibility index (Phi) is 3.97. The standard InChI is InChI=1S/C14H21NO/c1-3-13-14(12-7-5-4-6-8-12)16-10-11(2)9-15-13/h4-8,11,13-15H,3,9-10H2,1-2H3. The Labute approximate surface area is 98.0 Å². The summed E-state index contributed by atoms with van der Waals surface area (Å²) < 4.78 is 6.04. The molecular formula is C14H21NO. The molecule has 1 N–H and O–H groups in total. The third kappa shape index (κ3) is 2.63. The first-order valence-electron chi connectivity index (χ1n) is 6.21. The summed E-state index contributed by atoms with van der Waals surface area (Å²) in [6, 6.07) is 11.0. The summed E-state index contributed by atoms with van der Waals surface area (Å²) in [4.78, 5) is 0. The predicted octanol–water partition coefficient (Wildman–Crippen LogP) is 2.76. The zero-order chi connectivity index (χ0) is 11.4. The van der Waals surface area contributed by atoms with Crippen LogP contribution in [-0.2, 0) is 4.74 Å². The lowest BCUT2D eigenvalue weighted by Gasteiger charge is -2.24. The summed E-state index contributed by atoms with van der Waals surface area (Å²) in [6.07, 6.45) is 1.31. The highest BCUT2D eigenvalue weighted by Crippen LogP contribution is 2.26. The molecular weight excluding hydrogens is 198 g/mol. The van der Waals surface area contributed by atoms with Crippen molar-refractivity contribution < 1.29 is 4.74 Å². The summed E-state index contributed by atoms with van der Waals surface area (Å²) in [5.74, 6) is 0.600. The number of hydrogen-bond donors (Lipinski definition) is 1. The van der Waals surface area contributed by atoms with Crippen LogP contribution in [0.1, 0.15) is 31.9 Å². The van der Waals surface area contributed by atoms with Gasteiger partial charge in [0.05, 0.1) is 12.7 Å². The molecule has 0 saturated carbocycles. The van der Waals surface area contributed by atoms with Gasteiger partial charge in [-0.25, -0.2) is 0 Å². The molecule has 1 saturated heterocycles. The maximum Gasteiger partial charge on any atom is 0.0977 e. The fourth-order valence-electron chi connectivity index (χ4n) is 2.23. The molecule has 2 heteroatoms. The molecule has 1 aliphatic rings. The first-order chi connectivity index (χ1) is 7.81. The largest absolute Gasteiger partial charge is 0.372 e. The van der Waals surface area contributed by atoms with Crippen molar-refractivity contribution in [3.05, 3.63) is 35.9 Å². The van der Waals surface area contributed by atoms with Gasteiger partial charge in [-0.2, -0.15) is 0 Å². The van der Waals surface area contributed by atoms with Crippen molar-refractivity contribution in [2.45, 2.75) is 32.4 Å². The zero-order valence-corrected chi connectivity index (χ0v) is 10.1. The van der Waals surface area contributed by atoms with E-state index in [1.807, 2.05) is 0 Å². The minimum absolute atomic E-state index is 0.205. The van der Waals surface area contributed by atoms with Crippen molar-refractivity contribution in [3.8, 4) is 0 Å². The van der Waals surface area contributed by atoms with Crippen LogP contribution < -0.4 is 5.32 Å². The lowest BCUT2D eigenvalue weighted by atomic mass is 10.0. The second kappa shape index (κ2) is 5.46. The van der Waals surface area contributed by atoms with Crippen molar-refractivity contribution in [3.63, 3.8) is 0 Å². The normalized spacial score (nSPS) is 31.0. The summed E-state index contributed by atoms with van der Waals surface area (Å²) in [5.41, 5.74) is 1.29. The van der Waals surface area contributed by atoms with E-state index in [1.165, 1.54) is 5.56 Å². The Morgan fingerprint density at radius 3 is 2.75 bits per heavy atom. The van der Waals surface area contributed by atoms with Crippen LogP contribution >= 0.6 is 0 Å². The Bertz CT molecular complexity index is 312. The second-order valence-corrected chi connectivity index (χ2v) is 4.69. The molecule has 2 nitrogen and oxygen atoms in total. The zero-order valence-electron chi connectivity index (χ0n) is 10.1. The van der Waals surface area contributed by atoms with Crippen molar-refractivity contribution in [2.75, 3.05) is 13.2 Å². The van der Waals surface area contributed by atoms with E-state index < -0.39 is 0 Å². The first-order valence-corrected chi connectivity index (χ1v) is 6.21. The molecule has 3 atom stereocenters. The van der Waals surface area contributed by atoms with Crippen LogP contribution in [0.5, 0.6) is 0 Å². The maximum absolute atomic E-state index is 6.04. The Morgan fingerprint density at radius 1 is 1.31 bits per heavy atom. The van der Waals surface area contributed by atoms with Crippen molar-refractivity contribution in [1.82, 2.24) is 5.32 Å². The molecule has 0 bridgehead atoms.